The number of methoxy groups -OCH3 is 1. The number of nitrogen functional groups attached to an aromatic ring is 1. The fourth-order valence-electron chi connectivity index (χ4n) is 1.65. The van der Waals surface area contributed by atoms with Crippen LogP contribution in [0.5, 0.6) is 11.5 Å². The maximum atomic E-state index is 13.1. The minimum absolute atomic E-state index is 0.259. The van der Waals surface area contributed by atoms with E-state index in [1.807, 2.05) is 24.3 Å². The van der Waals surface area contributed by atoms with Crippen LogP contribution in [0.25, 0.3) is 0 Å². The summed E-state index contributed by atoms with van der Waals surface area (Å²) in [5, 5.41) is 0. The molecule has 0 spiro atoms. The van der Waals surface area contributed by atoms with Gasteiger partial charge in [0.15, 0.2) is 5.75 Å². The SMILES string of the molecule is COc1cccc(COc2c(N)cc(F)cc2Br)c1. The van der Waals surface area contributed by atoms with Crippen LogP contribution >= 0.6 is 15.9 Å². The summed E-state index contributed by atoms with van der Waals surface area (Å²) >= 11 is 3.23. The van der Waals surface area contributed by atoms with E-state index in [0.29, 0.717) is 16.8 Å². The zero-order chi connectivity index (χ0) is 13.8. The molecule has 0 saturated heterocycles. The predicted octanol–water partition coefficient (Wildman–Crippen LogP) is 3.76. The van der Waals surface area contributed by atoms with Gasteiger partial charge < -0.3 is 15.2 Å². The van der Waals surface area contributed by atoms with Crippen molar-refractivity contribution in [2.75, 3.05) is 12.8 Å². The zero-order valence-electron chi connectivity index (χ0n) is 10.3. The highest BCUT2D eigenvalue weighted by Crippen LogP contribution is 2.33. The van der Waals surface area contributed by atoms with Gasteiger partial charge in [0.05, 0.1) is 17.3 Å². The number of halogens is 2. The number of rotatable bonds is 4. The molecular weight excluding hydrogens is 313 g/mol. The van der Waals surface area contributed by atoms with Gasteiger partial charge in [-0.05, 0) is 39.7 Å². The van der Waals surface area contributed by atoms with Gasteiger partial charge in [0.2, 0.25) is 0 Å². The van der Waals surface area contributed by atoms with Gasteiger partial charge in [-0.15, -0.1) is 0 Å². The Morgan fingerprint density at radius 1 is 1.26 bits per heavy atom. The first-order valence-electron chi connectivity index (χ1n) is 5.60. The van der Waals surface area contributed by atoms with Gasteiger partial charge in [0, 0.05) is 6.07 Å². The van der Waals surface area contributed by atoms with Gasteiger partial charge in [-0.25, -0.2) is 4.39 Å². The number of hydrogen-bond acceptors (Lipinski definition) is 3. The Hall–Kier alpha value is -1.75. The summed E-state index contributed by atoms with van der Waals surface area (Å²) in [7, 11) is 1.61. The summed E-state index contributed by atoms with van der Waals surface area (Å²) in [6, 6.07) is 10.1. The first-order valence-corrected chi connectivity index (χ1v) is 6.39. The van der Waals surface area contributed by atoms with E-state index in [-0.39, 0.29) is 5.69 Å². The molecule has 0 heterocycles. The molecule has 2 aromatic carbocycles. The monoisotopic (exact) mass is 325 g/mol. The minimum Gasteiger partial charge on any atom is -0.497 e. The van der Waals surface area contributed by atoms with E-state index in [4.69, 9.17) is 15.2 Å². The first-order chi connectivity index (χ1) is 9.10. The Morgan fingerprint density at radius 3 is 2.74 bits per heavy atom. The smallest absolute Gasteiger partial charge is 0.157 e. The average Bonchev–Trinajstić information content (AvgIpc) is 2.37. The van der Waals surface area contributed by atoms with E-state index >= 15 is 0 Å². The zero-order valence-corrected chi connectivity index (χ0v) is 11.9. The van der Waals surface area contributed by atoms with Crippen LogP contribution in [0.3, 0.4) is 0 Å². The average molecular weight is 326 g/mol. The lowest BCUT2D eigenvalue weighted by molar-refractivity contribution is 0.304. The summed E-state index contributed by atoms with van der Waals surface area (Å²) in [6.07, 6.45) is 0. The van der Waals surface area contributed by atoms with Gasteiger partial charge in [0.1, 0.15) is 18.2 Å². The molecule has 0 aliphatic heterocycles. The second-order valence-corrected chi connectivity index (χ2v) is 4.80. The van der Waals surface area contributed by atoms with Gasteiger partial charge in [0.25, 0.3) is 0 Å². The number of anilines is 1. The minimum atomic E-state index is -0.405. The van der Waals surface area contributed by atoms with E-state index in [0.717, 1.165) is 11.3 Å². The Bertz CT molecular complexity index is 566. The maximum Gasteiger partial charge on any atom is 0.157 e. The number of nitrogens with two attached hydrogens (primary N) is 1. The van der Waals surface area contributed by atoms with Crippen molar-refractivity contribution < 1.29 is 13.9 Å². The number of hydrogen-bond donors (Lipinski definition) is 1. The lowest BCUT2D eigenvalue weighted by Crippen LogP contribution is -2.00. The molecule has 0 atom stereocenters. The lowest BCUT2D eigenvalue weighted by Gasteiger charge is -2.11. The van der Waals surface area contributed by atoms with Crippen molar-refractivity contribution in [2.45, 2.75) is 6.61 Å². The molecule has 100 valence electrons. The third-order valence-electron chi connectivity index (χ3n) is 2.55. The lowest BCUT2D eigenvalue weighted by atomic mass is 10.2. The molecule has 2 aromatic rings. The van der Waals surface area contributed by atoms with Crippen molar-refractivity contribution >= 4 is 21.6 Å². The predicted molar refractivity (Wildman–Crippen MR) is 75.8 cm³/mol. The van der Waals surface area contributed by atoms with Crippen molar-refractivity contribution in [3.63, 3.8) is 0 Å². The molecule has 0 unspecified atom stereocenters. The van der Waals surface area contributed by atoms with Gasteiger partial charge >= 0.3 is 0 Å². The number of ether oxygens (including phenoxy) is 2. The molecule has 0 aliphatic carbocycles. The molecule has 3 nitrogen and oxygen atoms in total. The van der Waals surface area contributed by atoms with Gasteiger partial charge in [-0.2, -0.15) is 0 Å². The molecule has 0 radical (unpaired) electrons. The van der Waals surface area contributed by atoms with Crippen LogP contribution in [-0.2, 0) is 6.61 Å². The van der Waals surface area contributed by atoms with Crippen LogP contribution in [0.15, 0.2) is 40.9 Å². The molecule has 0 aliphatic rings. The summed E-state index contributed by atoms with van der Waals surface area (Å²) < 4.78 is 24.3. The third kappa shape index (κ3) is 3.38. The van der Waals surface area contributed by atoms with Crippen LogP contribution in [0.1, 0.15) is 5.56 Å². The molecule has 0 bridgehead atoms. The van der Waals surface area contributed by atoms with Crippen LogP contribution in [-0.4, -0.2) is 7.11 Å². The fraction of sp³-hybridized carbons (Fsp3) is 0.143. The van der Waals surface area contributed by atoms with Crippen LogP contribution in [0.4, 0.5) is 10.1 Å². The van der Waals surface area contributed by atoms with E-state index in [2.05, 4.69) is 15.9 Å². The second kappa shape index (κ2) is 5.93. The van der Waals surface area contributed by atoms with E-state index in [1.54, 1.807) is 7.11 Å². The molecule has 0 amide bonds. The van der Waals surface area contributed by atoms with Crippen molar-refractivity contribution in [3.8, 4) is 11.5 Å². The van der Waals surface area contributed by atoms with Crippen LogP contribution < -0.4 is 15.2 Å². The Kier molecular flexibility index (Phi) is 4.27. The molecule has 2 N–H and O–H groups in total. The maximum absolute atomic E-state index is 13.1. The highest BCUT2D eigenvalue weighted by Gasteiger charge is 2.09. The van der Waals surface area contributed by atoms with E-state index in [1.165, 1.54) is 12.1 Å². The van der Waals surface area contributed by atoms with Gasteiger partial charge in [-0.3, -0.25) is 0 Å². The summed E-state index contributed by atoms with van der Waals surface area (Å²) in [6.45, 7) is 0.325. The van der Waals surface area contributed by atoms with E-state index in [9.17, 15) is 4.39 Å². The molecule has 0 aromatic heterocycles. The molecule has 0 fully saturated rings. The molecule has 2 rings (SSSR count). The summed E-state index contributed by atoms with van der Waals surface area (Å²) in [5.41, 5.74) is 6.92. The topological polar surface area (TPSA) is 44.5 Å². The van der Waals surface area contributed by atoms with E-state index < -0.39 is 5.82 Å². The molecule has 0 saturated carbocycles. The van der Waals surface area contributed by atoms with Crippen molar-refractivity contribution in [1.29, 1.82) is 0 Å². The molecule has 5 heteroatoms. The standard InChI is InChI=1S/C14H13BrFNO2/c1-18-11-4-2-3-9(5-11)8-19-14-12(15)6-10(16)7-13(14)17/h2-7H,8,17H2,1H3. The largest absolute Gasteiger partial charge is 0.497 e. The second-order valence-electron chi connectivity index (χ2n) is 3.95. The Balaban J connectivity index is 2.14. The van der Waals surface area contributed by atoms with Crippen LogP contribution in [0, 0.1) is 5.82 Å². The molecular formula is C14H13BrFNO2. The fourth-order valence-corrected chi connectivity index (χ4v) is 2.21. The summed E-state index contributed by atoms with van der Waals surface area (Å²) in [5.74, 6) is 0.787. The normalized spacial score (nSPS) is 10.3. The third-order valence-corrected chi connectivity index (χ3v) is 3.14. The number of benzene rings is 2. The first kappa shape index (κ1) is 13.7. The van der Waals surface area contributed by atoms with Gasteiger partial charge in [-0.1, -0.05) is 12.1 Å². The highest BCUT2D eigenvalue weighted by atomic mass is 79.9. The highest BCUT2D eigenvalue weighted by molar-refractivity contribution is 9.10. The van der Waals surface area contributed by atoms with Crippen molar-refractivity contribution in [2.24, 2.45) is 0 Å². The Morgan fingerprint density at radius 2 is 2.05 bits per heavy atom. The summed E-state index contributed by atoms with van der Waals surface area (Å²) in [4.78, 5) is 0. The molecule has 19 heavy (non-hydrogen) atoms. The Labute approximate surface area is 119 Å². The van der Waals surface area contributed by atoms with Crippen molar-refractivity contribution in [3.05, 3.63) is 52.3 Å². The van der Waals surface area contributed by atoms with Crippen molar-refractivity contribution in [1.82, 2.24) is 0 Å². The quantitative estimate of drug-likeness (QED) is 0.870. The van der Waals surface area contributed by atoms with Crippen LogP contribution in [0.2, 0.25) is 0 Å².